The highest BCUT2D eigenvalue weighted by Gasteiger charge is 2.23. The summed E-state index contributed by atoms with van der Waals surface area (Å²) in [7, 11) is 1.36. The molecule has 7 nitrogen and oxygen atoms in total. The van der Waals surface area contributed by atoms with Crippen molar-refractivity contribution in [3.05, 3.63) is 53.2 Å². The van der Waals surface area contributed by atoms with Crippen molar-refractivity contribution < 1.29 is 17.7 Å². The van der Waals surface area contributed by atoms with E-state index in [9.17, 15) is 8.42 Å². The lowest BCUT2D eigenvalue weighted by Crippen LogP contribution is -2.15. The van der Waals surface area contributed by atoms with Gasteiger partial charge in [-0.3, -0.25) is 4.72 Å². The molecule has 0 fully saturated rings. The second kappa shape index (κ2) is 7.79. The molecule has 154 valence electrons. The zero-order chi connectivity index (χ0) is 21.3. The number of rotatable bonds is 6. The topological polar surface area (TPSA) is 84.7 Å². The lowest BCUT2D eigenvalue weighted by atomic mass is 10.1. The van der Waals surface area contributed by atoms with Gasteiger partial charge in [0.1, 0.15) is 10.6 Å². The Kier molecular flexibility index (Phi) is 5.57. The van der Waals surface area contributed by atoms with Crippen LogP contribution in [0.3, 0.4) is 0 Å². The van der Waals surface area contributed by atoms with Gasteiger partial charge < -0.3 is 14.2 Å². The van der Waals surface area contributed by atoms with Gasteiger partial charge in [0.05, 0.1) is 18.5 Å². The van der Waals surface area contributed by atoms with Gasteiger partial charge in [-0.15, -0.1) is 0 Å². The van der Waals surface area contributed by atoms with Gasteiger partial charge in [0.2, 0.25) is 0 Å². The highest BCUT2D eigenvalue weighted by Crippen LogP contribution is 2.33. The number of hydrogen-bond donors (Lipinski definition) is 1. The maximum Gasteiger partial charge on any atom is 0.265 e. The fraction of sp³-hybridized carbons (Fsp3) is 0.286. The second-order valence-electron chi connectivity index (χ2n) is 7.09. The number of sulfonamides is 1. The Labute approximate surface area is 171 Å². The molecule has 3 rings (SSSR count). The summed E-state index contributed by atoms with van der Waals surface area (Å²) in [4.78, 5) is 1.96. The summed E-state index contributed by atoms with van der Waals surface area (Å²) in [5, 5.41) is 3.95. The van der Waals surface area contributed by atoms with Crippen molar-refractivity contribution in [2.24, 2.45) is 0 Å². The lowest BCUT2D eigenvalue weighted by molar-refractivity contribution is 0.402. The quantitative estimate of drug-likeness (QED) is 0.651. The SMILES string of the molecule is COc1ccc(-c2onc(C)c2C)cc1S(=O)(=O)Nc1ccc(C)c(N(C)C)c1. The average Bonchev–Trinajstić information content (AvgIpc) is 3.01. The molecule has 0 radical (unpaired) electrons. The molecule has 0 bridgehead atoms. The zero-order valence-corrected chi connectivity index (χ0v) is 18.2. The monoisotopic (exact) mass is 415 g/mol. The molecular formula is C21H25N3O4S. The Morgan fingerprint density at radius 1 is 1.07 bits per heavy atom. The minimum absolute atomic E-state index is 0.0259. The maximum atomic E-state index is 13.2. The number of anilines is 2. The van der Waals surface area contributed by atoms with E-state index in [4.69, 9.17) is 9.26 Å². The first kappa shape index (κ1) is 20.7. The third-order valence-electron chi connectivity index (χ3n) is 4.82. The first-order valence-electron chi connectivity index (χ1n) is 9.06. The fourth-order valence-electron chi connectivity index (χ4n) is 3.08. The molecule has 0 aliphatic carbocycles. The number of methoxy groups -OCH3 is 1. The van der Waals surface area contributed by atoms with Crippen molar-refractivity contribution in [1.29, 1.82) is 0 Å². The molecule has 1 N–H and O–H groups in total. The van der Waals surface area contributed by atoms with Gasteiger partial charge >= 0.3 is 0 Å². The lowest BCUT2D eigenvalue weighted by Gasteiger charge is -2.18. The van der Waals surface area contributed by atoms with Crippen molar-refractivity contribution >= 4 is 21.4 Å². The van der Waals surface area contributed by atoms with E-state index in [0.29, 0.717) is 17.0 Å². The molecule has 3 aromatic rings. The number of nitrogens with zero attached hydrogens (tertiary/aromatic N) is 2. The number of hydrogen-bond acceptors (Lipinski definition) is 6. The zero-order valence-electron chi connectivity index (χ0n) is 17.4. The minimum atomic E-state index is -3.90. The summed E-state index contributed by atoms with van der Waals surface area (Å²) < 4.78 is 39.7. The Morgan fingerprint density at radius 2 is 1.79 bits per heavy atom. The van der Waals surface area contributed by atoms with E-state index >= 15 is 0 Å². The standard InChI is InChI=1S/C21H25N3O4S/c1-13-7-9-17(12-18(13)24(4)5)23-29(25,26)20-11-16(8-10-19(20)27-6)21-14(2)15(3)22-28-21/h7-12,23H,1-6H3. The van der Waals surface area contributed by atoms with Gasteiger partial charge in [0.25, 0.3) is 10.0 Å². The highest BCUT2D eigenvalue weighted by atomic mass is 32.2. The van der Waals surface area contributed by atoms with Crippen LogP contribution in [0.25, 0.3) is 11.3 Å². The predicted octanol–water partition coefficient (Wildman–Crippen LogP) is 4.14. The van der Waals surface area contributed by atoms with Crippen LogP contribution >= 0.6 is 0 Å². The number of benzene rings is 2. The molecule has 0 aliphatic rings. The van der Waals surface area contributed by atoms with Gasteiger partial charge in [0.15, 0.2) is 5.76 Å². The molecule has 0 saturated carbocycles. The van der Waals surface area contributed by atoms with Gasteiger partial charge in [-0.2, -0.15) is 0 Å². The van der Waals surface area contributed by atoms with E-state index in [1.165, 1.54) is 13.2 Å². The fourth-order valence-corrected chi connectivity index (χ4v) is 4.32. The number of aromatic nitrogens is 1. The van der Waals surface area contributed by atoms with E-state index in [1.54, 1.807) is 24.3 Å². The van der Waals surface area contributed by atoms with Crippen LogP contribution in [0.4, 0.5) is 11.4 Å². The molecule has 0 amide bonds. The average molecular weight is 416 g/mol. The summed E-state index contributed by atoms with van der Waals surface area (Å²) in [6, 6.07) is 10.3. The molecule has 0 unspecified atom stereocenters. The molecule has 2 aromatic carbocycles. The molecule has 0 saturated heterocycles. The summed E-state index contributed by atoms with van der Waals surface area (Å²) in [5.74, 6) is 0.780. The first-order chi connectivity index (χ1) is 13.6. The van der Waals surface area contributed by atoms with E-state index in [-0.39, 0.29) is 10.6 Å². The Hall–Kier alpha value is -3.00. The van der Waals surface area contributed by atoms with E-state index < -0.39 is 10.0 Å². The Bertz CT molecular complexity index is 1150. The van der Waals surface area contributed by atoms with Crippen LogP contribution < -0.4 is 14.4 Å². The normalized spacial score (nSPS) is 11.4. The maximum absolute atomic E-state index is 13.2. The van der Waals surface area contributed by atoms with Crippen LogP contribution in [-0.4, -0.2) is 34.8 Å². The molecule has 29 heavy (non-hydrogen) atoms. The molecule has 0 atom stereocenters. The smallest absolute Gasteiger partial charge is 0.265 e. The summed E-state index contributed by atoms with van der Waals surface area (Å²) in [6.45, 7) is 5.69. The molecule has 0 aliphatic heterocycles. The van der Waals surface area contributed by atoms with Gasteiger partial charge in [-0.1, -0.05) is 11.2 Å². The van der Waals surface area contributed by atoms with Crippen LogP contribution in [0.15, 0.2) is 45.8 Å². The molecular weight excluding hydrogens is 390 g/mol. The van der Waals surface area contributed by atoms with Crippen LogP contribution in [0.2, 0.25) is 0 Å². The summed E-state index contributed by atoms with van der Waals surface area (Å²) in [5.41, 5.74) is 4.68. The van der Waals surface area contributed by atoms with Crippen LogP contribution in [0.1, 0.15) is 16.8 Å². The Balaban J connectivity index is 2.05. The van der Waals surface area contributed by atoms with Crippen LogP contribution in [0.5, 0.6) is 5.75 Å². The molecule has 8 heteroatoms. The number of aryl methyl sites for hydroxylation is 2. The largest absolute Gasteiger partial charge is 0.495 e. The van der Waals surface area contributed by atoms with Gasteiger partial charge in [-0.25, -0.2) is 8.42 Å². The molecule has 0 spiro atoms. The third kappa shape index (κ3) is 4.07. The van der Waals surface area contributed by atoms with Crippen LogP contribution in [0, 0.1) is 20.8 Å². The number of nitrogens with one attached hydrogen (secondary N) is 1. The van der Waals surface area contributed by atoms with E-state index in [2.05, 4.69) is 9.88 Å². The van der Waals surface area contributed by atoms with Gasteiger partial charge in [-0.05, 0) is 56.7 Å². The van der Waals surface area contributed by atoms with Crippen molar-refractivity contribution in [2.45, 2.75) is 25.7 Å². The van der Waals surface area contributed by atoms with E-state index in [1.807, 2.05) is 45.8 Å². The summed E-state index contributed by atoms with van der Waals surface area (Å²) in [6.07, 6.45) is 0. The van der Waals surface area contributed by atoms with Gasteiger partial charge in [0, 0.05) is 30.9 Å². The summed E-state index contributed by atoms with van der Waals surface area (Å²) >= 11 is 0. The molecule has 1 aromatic heterocycles. The minimum Gasteiger partial charge on any atom is -0.495 e. The highest BCUT2D eigenvalue weighted by molar-refractivity contribution is 7.92. The first-order valence-corrected chi connectivity index (χ1v) is 10.5. The van der Waals surface area contributed by atoms with Crippen molar-refractivity contribution in [3.63, 3.8) is 0 Å². The number of ether oxygens (including phenoxy) is 1. The van der Waals surface area contributed by atoms with Crippen molar-refractivity contribution in [3.8, 4) is 17.1 Å². The second-order valence-corrected chi connectivity index (χ2v) is 8.74. The van der Waals surface area contributed by atoms with E-state index in [0.717, 1.165) is 22.5 Å². The molecule has 1 heterocycles. The third-order valence-corrected chi connectivity index (χ3v) is 6.22. The van der Waals surface area contributed by atoms with Crippen LogP contribution in [-0.2, 0) is 10.0 Å². The van der Waals surface area contributed by atoms with Crippen molar-refractivity contribution in [1.82, 2.24) is 5.16 Å². The predicted molar refractivity (Wildman–Crippen MR) is 114 cm³/mol. The van der Waals surface area contributed by atoms with Crippen molar-refractivity contribution in [2.75, 3.05) is 30.8 Å². The Morgan fingerprint density at radius 3 is 2.38 bits per heavy atom.